The number of benzene rings is 1. The molecule has 0 spiro atoms. The van der Waals surface area contributed by atoms with Gasteiger partial charge in [-0.2, -0.15) is 0 Å². The van der Waals surface area contributed by atoms with Gasteiger partial charge in [0.25, 0.3) is 0 Å². The maximum absolute atomic E-state index is 13.5. The summed E-state index contributed by atoms with van der Waals surface area (Å²) in [6.07, 6.45) is 4.00. The first-order chi connectivity index (χ1) is 7.15. The normalized spacial score (nSPS) is 13.3. The van der Waals surface area contributed by atoms with Crippen LogP contribution in [0.5, 0.6) is 0 Å². The standard InChI is InChI=1S/C12H12BrFN/c1-3-8(2)15-7-6-9-11(14)5-4-10(13)12(9)15/h3-8H,1-2H3. The Morgan fingerprint density at radius 2 is 2.13 bits per heavy atom. The predicted molar refractivity (Wildman–Crippen MR) is 64.3 cm³/mol. The zero-order chi connectivity index (χ0) is 11.0. The zero-order valence-corrected chi connectivity index (χ0v) is 10.3. The molecule has 1 atom stereocenters. The monoisotopic (exact) mass is 268 g/mol. The summed E-state index contributed by atoms with van der Waals surface area (Å²) in [5.41, 5.74) is 0.917. The third-order valence-corrected chi connectivity index (χ3v) is 3.34. The van der Waals surface area contributed by atoms with Crippen molar-refractivity contribution in [1.82, 2.24) is 4.57 Å². The van der Waals surface area contributed by atoms with E-state index in [2.05, 4.69) is 33.8 Å². The molecular weight excluding hydrogens is 257 g/mol. The molecular formula is C12H12BrFN. The molecule has 0 aliphatic carbocycles. The Balaban J connectivity index is 2.73. The maximum atomic E-state index is 13.5. The van der Waals surface area contributed by atoms with Crippen LogP contribution in [0.3, 0.4) is 0 Å². The van der Waals surface area contributed by atoms with Crippen molar-refractivity contribution in [3.05, 3.63) is 41.1 Å². The summed E-state index contributed by atoms with van der Waals surface area (Å²) in [5, 5.41) is 0.665. The van der Waals surface area contributed by atoms with Crippen molar-refractivity contribution in [3.8, 4) is 0 Å². The topological polar surface area (TPSA) is 4.93 Å². The minimum absolute atomic E-state index is 0.171. The molecule has 0 bridgehead atoms. The Labute approximate surface area is 97.0 Å². The van der Waals surface area contributed by atoms with E-state index in [9.17, 15) is 4.39 Å². The van der Waals surface area contributed by atoms with Gasteiger partial charge in [0.1, 0.15) is 5.82 Å². The molecule has 1 aromatic heterocycles. The lowest BCUT2D eigenvalue weighted by molar-refractivity contribution is 0.633. The van der Waals surface area contributed by atoms with Gasteiger partial charge in [-0.1, -0.05) is 6.92 Å². The Bertz CT molecular complexity index is 490. The highest BCUT2D eigenvalue weighted by molar-refractivity contribution is 9.10. The van der Waals surface area contributed by atoms with Crippen LogP contribution in [0.4, 0.5) is 4.39 Å². The average Bonchev–Trinajstić information content (AvgIpc) is 2.68. The van der Waals surface area contributed by atoms with Crippen LogP contribution in [0, 0.1) is 12.2 Å². The van der Waals surface area contributed by atoms with Gasteiger partial charge in [0.2, 0.25) is 0 Å². The summed E-state index contributed by atoms with van der Waals surface area (Å²) in [6, 6.07) is 5.31. The van der Waals surface area contributed by atoms with E-state index in [1.54, 1.807) is 6.07 Å². The number of hydrogen-bond donors (Lipinski definition) is 0. The van der Waals surface area contributed by atoms with Crippen LogP contribution in [0.2, 0.25) is 0 Å². The molecule has 1 aromatic carbocycles. The van der Waals surface area contributed by atoms with E-state index in [1.807, 2.05) is 19.2 Å². The molecule has 2 rings (SSSR count). The van der Waals surface area contributed by atoms with Gasteiger partial charge < -0.3 is 4.57 Å². The van der Waals surface area contributed by atoms with Crippen LogP contribution < -0.4 is 0 Å². The summed E-state index contributed by atoms with van der Waals surface area (Å²) in [7, 11) is 0. The molecule has 1 heterocycles. The summed E-state index contributed by atoms with van der Waals surface area (Å²) >= 11 is 3.46. The maximum Gasteiger partial charge on any atom is 0.132 e. The van der Waals surface area contributed by atoms with E-state index in [1.165, 1.54) is 6.07 Å². The van der Waals surface area contributed by atoms with Gasteiger partial charge in [-0.3, -0.25) is 0 Å². The number of rotatable bonds is 2. The predicted octanol–water partition coefficient (Wildman–Crippen LogP) is 4.33. The number of hydrogen-bond acceptors (Lipinski definition) is 0. The van der Waals surface area contributed by atoms with Crippen LogP contribution in [-0.4, -0.2) is 4.57 Å². The van der Waals surface area contributed by atoms with Gasteiger partial charge in [0, 0.05) is 22.1 Å². The van der Waals surface area contributed by atoms with E-state index in [0.29, 0.717) is 5.39 Å². The molecule has 0 fully saturated rings. The highest BCUT2D eigenvalue weighted by Gasteiger charge is 2.12. The van der Waals surface area contributed by atoms with E-state index in [0.717, 1.165) is 9.99 Å². The zero-order valence-electron chi connectivity index (χ0n) is 8.67. The van der Waals surface area contributed by atoms with Crippen molar-refractivity contribution >= 4 is 26.8 Å². The molecule has 1 nitrogen and oxygen atoms in total. The smallest absolute Gasteiger partial charge is 0.132 e. The van der Waals surface area contributed by atoms with Crippen LogP contribution in [0.25, 0.3) is 10.9 Å². The van der Waals surface area contributed by atoms with Crippen LogP contribution in [-0.2, 0) is 0 Å². The highest BCUT2D eigenvalue weighted by Crippen LogP contribution is 2.30. The third-order valence-electron chi connectivity index (χ3n) is 2.70. The number of fused-ring (bicyclic) bond motifs is 1. The second-order valence-electron chi connectivity index (χ2n) is 3.59. The Morgan fingerprint density at radius 1 is 1.40 bits per heavy atom. The lowest BCUT2D eigenvalue weighted by atomic mass is 10.2. The Hall–Kier alpha value is -0.830. The highest BCUT2D eigenvalue weighted by atomic mass is 79.9. The lowest BCUT2D eigenvalue weighted by Crippen LogP contribution is -2.02. The molecule has 0 saturated heterocycles. The Morgan fingerprint density at radius 3 is 2.80 bits per heavy atom. The molecule has 3 heteroatoms. The van der Waals surface area contributed by atoms with Gasteiger partial charge in [-0.05, 0) is 47.5 Å². The second kappa shape index (κ2) is 3.97. The number of nitrogens with zero attached hydrogens (tertiary/aromatic N) is 1. The second-order valence-corrected chi connectivity index (χ2v) is 4.44. The van der Waals surface area contributed by atoms with Gasteiger partial charge in [-0.15, -0.1) is 0 Å². The van der Waals surface area contributed by atoms with E-state index in [-0.39, 0.29) is 11.9 Å². The quantitative estimate of drug-likeness (QED) is 0.764. The molecule has 0 saturated carbocycles. The van der Waals surface area contributed by atoms with Crippen molar-refractivity contribution in [1.29, 1.82) is 0 Å². The molecule has 15 heavy (non-hydrogen) atoms. The van der Waals surface area contributed by atoms with Gasteiger partial charge in [0.05, 0.1) is 5.52 Å². The summed E-state index contributed by atoms with van der Waals surface area (Å²) in [5.74, 6) is -0.171. The van der Waals surface area contributed by atoms with Gasteiger partial charge in [-0.25, -0.2) is 4.39 Å². The van der Waals surface area contributed by atoms with Crippen molar-refractivity contribution in [3.63, 3.8) is 0 Å². The minimum Gasteiger partial charge on any atom is -0.343 e. The lowest BCUT2D eigenvalue weighted by Gasteiger charge is -2.13. The van der Waals surface area contributed by atoms with Crippen LogP contribution in [0.15, 0.2) is 28.9 Å². The molecule has 0 amide bonds. The molecule has 1 unspecified atom stereocenters. The first kappa shape index (κ1) is 10.7. The molecule has 2 aromatic rings. The summed E-state index contributed by atoms with van der Waals surface area (Å²) in [4.78, 5) is 0. The molecule has 1 radical (unpaired) electrons. The van der Waals surface area contributed by atoms with Crippen LogP contribution in [0.1, 0.15) is 19.9 Å². The van der Waals surface area contributed by atoms with E-state index < -0.39 is 0 Å². The molecule has 0 aliphatic heterocycles. The fourth-order valence-electron chi connectivity index (χ4n) is 1.71. The van der Waals surface area contributed by atoms with E-state index >= 15 is 0 Å². The molecule has 79 valence electrons. The molecule has 0 N–H and O–H groups in total. The fourth-order valence-corrected chi connectivity index (χ4v) is 2.26. The first-order valence-corrected chi connectivity index (χ1v) is 5.68. The molecule has 0 aliphatic rings. The largest absolute Gasteiger partial charge is 0.343 e. The van der Waals surface area contributed by atoms with Crippen LogP contribution >= 0.6 is 15.9 Å². The Kier molecular flexibility index (Phi) is 2.83. The van der Waals surface area contributed by atoms with Gasteiger partial charge >= 0.3 is 0 Å². The van der Waals surface area contributed by atoms with Crippen molar-refractivity contribution in [2.45, 2.75) is 19.9 Å². The summed E-state index contributed by atoms with van der Waals surface area (Å²) in [6.45, 7) is 4.08. The number of halogens is 2. The van der Waals surface area contributed by atoms with Gasteiger partial charge in [0.15, 0.2) is 0 Å². The first-order valence-electron chi connectivity index (χ1n) is 4.89. The minimum atomic E-state index is -0.171. The van der Waals surface area contributed by atoms with Crippen molar-refractivity contribution in [2.24, 2.45) is 0 Å². The van der Waals surface area contributed by atoms with Crippen molar-refractivity contribution < 1.29 is 4.39 Å². The van der Waals surface area contributed by atoms with E-state index in [4.69, 9.17) is 0 Å². The summed E-state index contributed by atoms with van der Waals surface area (Å²) < 4.78 is 16.5. The fraction of sp³-hybridized carbons (Fsp3) is 0.250. The third kappa shape index (κ3) is 1.69. The number of aromatic nitrogens is 1. The van der Waals surface area contributed by atoms with Crippen molar-refractivity contribution in [2.75, 3.05) is 0 Å². The average molecular weight is 269 g/mol. The SMILES string of the molecule is C[CH]C(C)n1ccc2c(F)ccc(Br)c21.